The Morgan fingerprint density at radius 1 is 0.680 bits per heavy atom. The van der Waals surface area contributed by atoms with Crippen molar-refractivity contribution in [2.45, 2.75) is 0 Å². The predicted molar refractivity (Wildman–Crippen MR) is 90.2 cm³/mol. The fourth-order valence-corrected chi connectivity index (χ4v) is 2.18. The highest BCUT2D eigenvalue weighted by molar-refractivity contribution is 5.97. The lowest BCUT2D eigenvalue weighted by Gasteiger charge is -2.11. The van der Waals surface area contributed by atoms with Crippen LogP contribution in [-0.4, -0.2) is 39.2 Å². The molecule has 0 aromatic heterocycles. The number of nitrogens with one attached hydrogen (secondary N) is 1. The van der Waals surface area contributed by atoms with Crippen molar-refractivity contribution in [2.75, 3.05) is 26.6 Å². The van der Waals surface area contributed by atoms with E-state index < -0.39 is 17.9 Å². The maximum absolute atomic E-state index is 11.8. The molecule has 25 heavy (non-hydrogen) atoms. The third kappa shape index (κ3) is 4.35. The van der Waals surface area contributed by atoms with Crippen LogP contribution < -0.4 is 5.32 Å². The average molecular weight is 343 g/mol. The number of methoxy groups -OCH3 is 3. The van der Waals surface area contributed by atoms with Crippen molar-refractivity contribution in [3.05, 3.63) is 59.2 Å². The zero-order valence-electron chi connectivity index (χ0n) is 14.0. The van der Waals surface area contributed by atoms with E-state index in [-0.39, 0.29) is 11.1 Å². The normalized spacial score (nSPS) is 9.88. The van der Waals surface area contributed by atoms with Crippen molar-refractivity contribution < 1.29 is 28.6 Å². The van der Waals surface area contributed by atoms with Gasteiger partial charge in [-0.05, 0) is 36.4 Å². The minimum atomic E-state index is -0.586. The van der Waals surface area contributed by atoms with E-state index in [9.17, 15) is 14.4 Å². The van der Waals surface area contributed by atoms with Crippen LogP contribution in [0.2, 0.25) is 0 Å². The minimum absolute atomic E-state index is 0.192. The summed E-state index contributed by atoms with van der Waals surface area (Å²) in [5.41, 5.74) is 1.80. The number of esters is 3. The van der Waals surface area contributed by atoms with Crippen LogP contribution in [0.1, 0.15) is 31.1 Å². The van der Waals surface area contributed by atoms with Crippen molar-refractivity contribution >= 4 is 29.3 Å². The molecule has 2 aromatic rings. The number of hydrogen-bond acceptors (Lipinski definition) is 7. The van der Waals surface area contributed by atoms with Crippen LogP contribution in [0, 0.1) is 0 Å². The molecule has 0 saturated heterocycles. The van der Waals surface area contributed by atoms with Gasteiger partial charge in [-0.3, -0.25) is 0 Å². The fraction of sp³-hybridized carbons (Fsp3) is 0.167. The topological polar surface area (TPSA) is 90.9 Å². The van der Waals surface area contributed by atoms with Gasteiger partial charge in [-0.25, -0.2) is 14.4 Å². The molecule has 0 spiro atoms. The molecule has 0 amide bonds. The highest BCUT2D eigenvalue weighted by Crippen LogP contribution is 2.22. The molecule has 2 aromatic carbocycles. The quantitative estimate of drug-likeness (QED) is 0.659. The molecule has 0 heterocycles. The zero-order chi connectivity index (χ0) is 18.4. The van der Waals surface area contributed by atoms with Crippen LogP contribution in [-0.2, 0) is 14.2 Å². The maximum Gasteiger partial charge on any atom is 0.337 e. The van der Waals surface area contributed by atoms with Gasteiger partial charge in [-0.1, -0.05) is 6.07 Å². The SMILES string of the molecule is COC(=O)c1cccc(Nc2cc(C(=O)OC)cc(C(=O)OC)c2)c1. The van der Waals surface area contributed by atoms with Gasteiger partial charge in [-0.15, -0.1) is 0 Å². The first-order valence-electron chi connectivity index (χ1n) is 7.25. The second-order valence-electron chi connectivity index (χ2n) is 4.98. The average Bonchev–Trinajstić information content (AvgIpc) is 2.65. The number of anilines is 2. The Hall–Kier alpha value is -3.35. The van der Waals surface area contributed by atoms with E-state index in [1.54, 1.807) is 24.3 Å². The zero-order valence-corrected chi connectivity index (χ0v) is 14.0. The van der Waals surface area contributed by atoms with E-state index >= 15 is 0 Å². The van der Waals surface area contributed by atoms with Crippen LogP contribution in [0.4, 0.5) is 11.4 Å². The summed E-state index contributed by atoms with van der Waals surface area (Å²) in [7, 11) is 3.80. The third-order valence-electron chi connectivity index (χ3n) is 3.35. The highest BCUT2D eigenvalue weighted by atomic mass is 16.5. The molecule has 7 nitrogen and oxygen atoms in total. The van der Waals surface area contributed by atoms with Crippen molar-refractivity contribution in [3.8, 4) is 0 Å². The monoisotopic (exact) mass is 343 g/mol. The molecule has 0 unspecified atom stereocenters. The Bertz CT molecular complexity index is 781. The Morgan fingerprint density at radius 3 is 1.68 bits per heavy atom. The van der Waals surface area contributed by atoms with Crippen molar-refractivity contribution in [3.63, 3.8) is 0 Å². The van der Waals surface area contributed by atoms with E-state index in [0.29, 0.717) is 16.9 Å². The largest absolute Gasteiger partial charge is 0.465 e. The first kappa shape index (κ1) is 18.0. The molecular formula is C18H17NO6. The summed E-state index contributed by atoms with van der Waals surface area (Å²) in [6.07, 6.45) is 0. The lowest BCUT2D eigenvalue weighted by atomic mass is 10.1. The molecule has 0 fully saturated rings. The summed E-state index contributed by atoms with van der Waals surface area (Å²) in [4.78, 5) is 35.2. The molecule has 0 aliphatic rings. The number of hydrogen-bond donors (Lipinski definition) is 1. The summed E-state index contributed by atoms with van der Waals surface area (Å²) >= 11 is 0. The fourth-order valence-electron chi connectivity index (χ4n) is 2.18. The Kier molecular flexibility index (Phi) is 5.73. The number of rotatable bonds is 5. The maximum atomic E-state index is 11.8. The number of ether oxygens (including phenoxy) is 3. The molecule has 1 N–H and O–H groups in total. The van der Waals surface area contributed by atoms with Crippen LogP contribution in [0.15, 0.2) is 42.5 Å². The Morgan fingerprint density at radius 2 is 1.16 bits per heavy atom. The molecule has 0 bridgehead atoms. The van der Waals surface area contributed by atoms with E-state index in [2.05, 4.69) is 10.1 Å². The van der Waals surface area contributed by atoms with Gasteiger partial charge in [-0.2, -0.15) is 0 Å². The van der Waals surface area contributed by atoms with E-state index in [1.807, 2.05) is 0 Å². The standard InChI is InChI=1S/C18H17NO6/c1-23-16(20)11-5-4-6-14(8-11)19-15-9-12(17(21)24-2)7-13(10-15)18(22)25-3/h4-10,19H,1-3H3. The van der Waals surface area contributed by atoms with Gasteiger partial charge < -0.3 is 19.5 Å². The van der Waals surface area contributed by atoms with Gasteiger partial charge in [0.15, 0.2) is 0 Å². The molecule has 130 valence electrons. The number of benzene rings is 2. The summed E-state index contributed by atoms with van der Waals surface area (Å²) in [6.45, 7) is 0. The van der Waals surface area contributed by atoms with Crippen LogP contribution in [0.5, 0.6) is 0 Å². The van der Waals surface area contributed by atoms with Crippen molar-refractivity contribution in [2.24, 2.45) is 0 Å². The summed E-state index contributed by atoms with van der Waals surface area (Å²) < 4.78 is 14.1. The second-order valence-corrected chi connectivity index (χ2v) is 4.98. The molecule has 0 saturated carbocycles. The predicted octanol–water partition coefficient (Wildman–Crippen LogP) is 2.79. The van der Waals surface area contributed by atoms with E-state index in [1.165, 1.54) is 39.5 Å². The minimum Gasteiger partial charge on any atom is -0.465 e. The number of carbonyl (C=O) groups is 3. The van der Waals surface area contributed by atoms with Crippen molar-refractivity contribution in [1.29, 1.82) is 0 Å². The van der Waals surface area contributed by atoms with Gasteiger partial charge in [0.1, 0.15) is 0 Å². The smallest absolute Gasteiger partial charge is 0.337 e. The van der Waals surface area contributed by atoms with Gasteiger partial charge in [0.2, 0.25) is 0 Å². The van der Waals surface area contributed by atoms with Gasteiger partial charge in [0.05, 0.1) is 38.0 Å². The summed E-state index contributed by atoms with van der Waals surface area (Å²) in [6, 6.07) is 11.1. The molecule has 0 radical (unpaired) electrons. The lowest BCUT2D eigenvalue weighted by molar-refractivity contribution is 0.0587. The van der Waals surface area contributed by atoms with Gasteiger partial charge in [0.25, 0.3) is 0 Å². The van der Waals surface area contributed by atoms with Crippen LogP contribution in [0.3, 0.4) is 0 Å². The van der Waals surface area contributed by atoms with E-state index in [0.717, 1.165) is 0 Å². The molecule has 2 rings (SSSR count). The highest BCUT2D eigenvalue weighted by Gasteiger charge is 2.14. The van der Waals surface area contributed by atoms with Crippen LogP contribution >= 0.6 is 0 Å². The molecule has 0 atom stereocenters. The summed E-state index contributed by atoms with van der Waals surface area (Å²) in [5.74, 6) is -1.64. The van der Waals surface area contributed by atoms with Gasteiger partial charge in [0, 0.05) is 11.4 Å². The Labute approximate surface area is 144 Å². The van der Waals surface area contributed by atoms with Gasteiger partial charge >= 0.3 is 17.9 Å². The summed E-state index contributed by atoms with van der Waals surface area (Å²) in [5, 5.41) is 3.04. The first-order chi connectivity index (χ1) is 12.0. The molecule has 7 heteroatoms. The Balaban J connectivity index is 2.39. The first-order valence-corrected chi connectivity index (χ1v) is 7.25. The molecular weight excluding hydrogens is 326 g/mol. The lowest BCUT2D eigenvalue weighted by Crippen LogP contribution is -2.08. The van der Waals surface area contributed by atoms with Crippen molar-refractivity contribution in [1.82, 2.24) is 0 Å². The number of carbonyl (C=O) groups excluding carboxylic acids is 3. The van der Waals surface area contributed by atoms with Crippen LogP contribution in [0.25, 0.3) is 0 Å². The third-order valence-corrected chi connectivity index (χ3v) is 3.35. The van der Waals surface area contributed by atoms with E-state index in [4.69, 9.17) is 9.47 Å². The second kappa shape index (κ2) is 7.96. The molecule has 0 aliphatic heterocycles. The molecule has 0 aliphatic carbocycles.